The van der Waals surface area contributed by atoms with Crippen LogP contribution < -0.4 is 10.6 Å². The van der Waals surface area contributed by atoms with Crippen LogP contribution in [0.25, 0.3) is 5.82 Å². The van der Waals surface area contributed by atoms with Crippen LogP contribution in [0.4, 0.5) is 10.3 Å². The van der Waals surface area contributed by atoms with Crippen molar-refractivity contribution in [3.63, 3.8) is 0 Å². The van der Waals surface area contributed by atoms with Gasteiger partial charge in [0, 0.05) is 19.8 Å². The van der Waals surface area contributed by atoms with Crippen molar-refractivity contribution in [2.45, 2.75) is 13.3 Å². The first-order valence-corrected chi connectivity index (χ1v) is 6.20. The standard InChI is InChI=1S/C12H15FN6O/c1-3-5-15-12-16-7-8(13)10(17-12)19-6-4-9(18-19)11(20)14-2/h4,6-7H,3,5H2,1-2H3,(H,14,20)(H,15,16,17). The van der Waals surface area contributed by atoms with Crippen molar-refractivity contribution in [1.29, 1.82) is 0 Å². The minimum Gasteiger partial charge on any atom is -0.354 e. The highest BCUT2D eigenvalue weighted by Gasteiger charge is 2.13. The lowest BCUT2D eigenvalue weighted by atomic mass is 10.4. The summed E-state index contributed by atoms with van der Waals surface area (Å²) in [4.78, 5) is 19.3. The van der Waals surface area contributed by atoms with Gasteiger partial charge in [-0.2, -0.15) is 10.1 Å². The molecule has 2 N–H and O–H groups in total. The molecule has 20 heavy (non-hydrogen) atoms. The van der Waals surface area contributed by atoms with E-state index in [9.17, 15) is 9.18 Å². The summed E-state index contributed by atoms with van der Waals surface area (Å²) in [5.41, 5.74) is 0.188. The predicted molar refractivity (Wildman–Crippen MR) is 71.3 cm³/mol. The van der Waals surface area contributed by atoms with Crippen molar-refractivity contribution >= 4 is 11.9 Å². The summed E-state index contributed by atoms with van der Waals surface area (Å²) in [6.07, 6.45) is 3.44. The van der Waals surface area contributed by atoms with Gasteiger partial charge in [0.25, 0.3) is 5.91 Å². The van der Waals surface area contributed by atoms with Crippen molar-refractivity contribution in [2.75, 3.05) is 18.9 Å². The Bertz CT molecular complexity index is 612. The van der Waals surface area contributed by atoms with Gasteiger partial charge in [-0.1, -0.05) is 6.92 Å². The summed E-state index contributed by atoms with van der Waals surface area (Å²) in [6, 6.07) is 1.49. The second-order valence-corrected chi connectivity index (χ2v) is 4.02. The van der Waals surface area contributed by atoms with Gasteiger partial charge in [-0.25, -0.2) is 14.1 Å². The van der Waals surface area contributed by atoms with Crippen LogP contribution in [0.15, 0.2) is 18.5 Å². The summed E-state index contributed by atoms with van der Waals surface area (Å²) in [7, 11) is 1.50. The highest BCUT2D eigenvalue weighted by molar-refractivity contribution is 5.91. The molecule has 7 nitrogen and oxygen atoms in total. The molecule has 0 aliphatic rings. The second kappa shape index (κ2) is 6.09. The molecule has 1 amide bonds. The Morgan fingerprint density at radius 2 is 2.30 bits per heavy atom. The third kappa shape index (κ3) is 2.90. The molecule has 0 spiro atoms. The predicted octanol–water partition coefficient (Wildman–Crippen LogP) is 0.983. The van der Waals surface area contributed by atoms with E-state index in [1.165, 1.54) is 24.0 Å². The zero-order valence-corrected chi connectivity index (χ0v) is 11.2. The molecule has 0 atom stereocenters. The first kappa shape index (κ1) is 13.9. The average Bonchev–Trinajstić information content (AvgIpc) is 2.95. The van der Waals surface area contributed by atoms with Crippen LogP contribution in [0, 0.1) is 5.82 Å². The number of carbonyl (C=O) groups excluding carboxylic acids is 1. The lowest BCUT2D eigenvalue weighted by Crippen LogP contribution is -2.18. The number of halogens is 1. The molecular formula is C12H15FN6O. The van der Waals surface area contributed by atoms with E-state index in [-0.39, 0.29) is 17.4 Å². The maximum atomic E-state index is 13.8. The molecule has 2 aromatic rings. The molecule has 0 saturated carbocycles. The number of nitrogens with one attached hydrogen (secondary N) is 2. The minimum atomic E-state index is -0.612. The number of aromatic nitrogens is 4. The van der Waals surface area contributed by atoms with Crippen molar-refractivity contribution in [1.82, 2.24) is 25.1 Å². The van der Waals surface area contributed by atoms with Gasteiger partial charge in [-0.3, -0.25) is 4.79 Å². The van der Waals surface area contributed by atoms with E-state index in [4.69, 9.17) is 0 Å². The largest absolute Gasteiger partial charge is 0.354 e. The maximum absolute atomic E-state index is 13.8. The highest BCUT2D eigenvalue weighted by Crippen LogP contribution is 2.11. The van der Waals surface area contributed by atoms with Crippen LogP contribution in [0.5, 0.6) is 0 Å². The Balaban J connectivity index is 2.31. The van der Waals surface area contributed by atoms with Gasteiger partial charge in [-0.05, 0) is 12.5 Å². The molecule has 0 fully saturated rings. The molecule has 0 saturated heterocycles. The molecule has 0 radical (unpaired) electrons. The molecule has 0 aromatic carbocycles. The fourth-order valence-electron chi connectivity index (χ4n) is 1.53. The van der Waals surface area contributed by atoms with Gasteiger partial charge in [0.15, 0.2) is 17.3 Å². The van der Waals surface area contributed by atoms with Crippen LogP contribution in [-0.4, -0.2) is 39.2 Å². The normalized spacial score (nSPS) is 10.3. The molecule has 2 heterocycles. The van der Waals surface area contributed by atoms with Gasteiger partial charge in [0.05, 0.1) is 6.20 Å². The van der Waals surface area contributed by atoms with Gasteiger partial charge in [0.2, 0.25) is 5.95 Å². The summed E-state index contributed by atoms with van der Waals surface area (Å²) in [5, 5.41) is 9.39. The fourth-order valence-corrected chi connectivity index (χ4v) is 1.53. The molecule has 0 aliphatic heterocycles. The number of amides is 1. The molecule has 106 valence electrons. The lowest BCUT2D eigenvalue weighted by Gasteiger charge is -2.06. The van der Waals surface area contributed by atoms with Crippen molar-refractivity contribution in [3.8, 4) is 5.82 Å². The smallest absolute Gasteiger partial charge is 0.271 e. The summed E-state index contributed by atoms with van der Waals surface area (Å²) >= 11 is 0. The number of anilines is 1. The fraction of sp³-hybridized carbons (Fsp3) is 0.333. The van der Waals surface area contributed by atoms with Crippen LogP contribution in [0.2, 0.25) is 0 Å². The van der Waals surface area contributed by atoms with E-state index in [0.29, 0.717) is 12.5 Å². The van der Waals surface area contributed by atoms with Gasteiger partial charge >= 0.3 is 0 Å². The number of hydrogen-bond acceptors (Lipinski definition) is 5. The van der Waals surface area contributed by atoms with E-state index < -0.39 is 5.82 Å². The SMILES string of the molecule is CCCNc1ncc(F)c(-n2ccc(C(=O)NC)n2)n1. The van der Waals surface area contributed by atoms with Crippen LogP contribution >= 0.6 is 0 Å². The number of carbonyl (C=O) groups is 1. The van der Waals surface area contributed by atoms with Crippen molar-refractivity contribution in [3.05, 3.63) is 30.0 Å². The Kier molecular flexibility index (Phi) is 4.24. The van der Waals surface area contributed by atoms with Crippen LogP contribution in [0.3, 0.4) is 0 Å². The maximum Gasteiger partial charge on any atom is 0.271 e. The number of nitrogens with zero attached hydrogens (tertiary/aromatic N) is 4. The molecule has 0 aliphatic carbocycles. The Morgan fingerprint density at radius 1 is 1.50 bits per heavy atom. The average molecular weight is 278 g/mol. The molecule has 8 heteroatoms. The van der Waals surface area contributed by atoms with Crippen LogP contribution in [0.1, 0.15) is 23.8 Å². The van der Waals surface area contributed by atoms with Gasteiger partial charge in [0.1, 0.15) is 0 Å². The monoisotopic (exact) mass is 278 g/mol. The third-order valence-corrected chi connectivity index (χ3v) is 2.52. The minimum absolute atomic E-state index is 0.00578. The van der Waals surface area contributed by atoms with E-state index >= 15 is 0 Å². The van der Waals surface area contributed by atoms with E-state index in [1.54, 1.807) is 0 Å². The molecule has 0 bridgehead atoms. The summed E-state index contributed by atoms with van der Waals surface area (Å²) in [6.45, 7) is 2.69. The molecular weight excluding hydrogens is 263 g/mol. The Morgan fingerprint density at radius 3 is 3.00 bits per heavy atom. The highest BCUT2D eigenvalue weighted by atomic mass is 19.1. The van der Waals surface area contributed by atoms with Gasteiger partial charge < -0.3 is 10.6 Å². The molecule has 2 rings (SSSR count). The lowest BCUT2D eigenvalue weighted by molar-refractivity contribution is 0.0957. The zero-order valence-electron chi connectivity index (χ0n) is 11.2. The zero-order chi connectivity index (χ0) is 14.5. The third-order valence-electron chi connectivity index (χ3n) is 2.52. The van der Waals surface area contributed by atoms with Crippen LogP contribution in [-0.2, 0) is 0 Å². The summed E-state index contributed by atoms with van der Waals surface area (Å²) < 4.78 is 15.0. The van der Waals surface area contributed by atoms with Gasteiger partial charge in [-0.15, -0.1) is 0 Å². The number of hydrogen-bond donors (Lipinski definition) is 2. The second-order valence-electron chi connectivity index (χ2n) is 4.02. The quantitative estimate of drug-likeness (QED) is 0.851. The topological polar surface area (TPSA) is 84.7 Å². The number of rotatable bonds is 5. The molecule has 2 aromatic heterocycles. The summed E-state index contributed by atoms with van der Waals surface area (Å²) in [5.74, 6) is -0.643. The Labute approximate surface area is 115 Å². The van der Waals surface area contributed by atoms with Crippen molar-refractivity contribution < 1.29 is 9.18 Å². The molecule has 0 unspecified atom stereocenters. The van der Waals surface area contributed by atoms with Crippen molar-refractivity contribution in [2.24, 2.45) is 0 Å². The first-order valence-electron chi connectivity index (χ1n) is 6.20. The van der Waals surface area contributed by atoms with E-state index in [2.05, 4.69) is 25.7 Å². The first-order chi connectivity index (χ1) is 9.65. The van der Waals surface area contributed by atoms with E-state index in [1.807, 2.05) is 6.92 Å². The van der Waals surface area contributed by atoms with E-state index in [0.717, 1.165) is 12.6 Å². The Hall–Kier alpha value is -2.51.